The maximum absolute atomic E-state index is 6.47. The van der Waals surface area contributed by atoms with Gasteiger partial charge in [-0.2, -0.15) is 4.98 Å². The van der Waals surface area contributed by atoms with Crippen molar-refractivity contribution in [1.82, 2.24) is 15.2 Å². The summed E-state index contributed by atoms with van der Waals surface area (Å²) < 4.78 is 7.43. The molecular weight excluding hydrogens is 472 g/mol. The van der Waals surface area contributed by atoms with Gasteiger partial charge in [-0.3, -0.25) is 0 Å². The van der Waals surface area contributed by atoms with Crippen molar-refractivity contribution in [3.63, 3.8) is 0 Å². The summed E-state index contributed by atoms with van der Waals surface area (Å²) in [5.74, 6) is 1.46. The Morgan fingerprint density at radius 1 is 1.06 bits per heavy atom. The van der Waals surface area contributed by atoms with Crippen LogP contribution in [-0.2, 0) is 0 Å². The molecule has 7 heteroatoms. The van der Waals surface area contributed by atoms with Gasteiger partial charge in [0.1, 0.15) is 0 Å². The van der Waals surface area contributed by atoms with Crippen LogP contribution in [0, 0.1) is 0 Å². The Bertz CT molecular complexity index is 1240. The van der Waals surface area contributed by atoms with Gasteiger partial charge in [-0.15, -0.1) is 10.2 Å². The van der Waals surface area contributed by atoms with Crippen LogP contribution >= 0.6 is 27.7 Å². The molecular formula is C24H21BrN4OS. The van der Waals surface area contributed by atoms with Crippen molar-refractivity contribution in [2.45, 2.75) is 31.1 Å². The maximum Gasteiger partial charge on any atom is 0.247 e. The molecule has 0 bridgehead atoms. The van der Waals surface area contributed by atoms with E-state index in [4.69, 9.17) is 9.72 Å². The number of fused-ring (bicyclic) bond motifs is 4. The minimum atomic E-state index is -0.405. The molecule has 156 valence electrons. The number of halogens is 1. The molecule has 1 aromatic heterocycles. The second-order valence-electron chi connectivity index (χ2n) is 7.35. The lowest BCUT2D eigenvalue weighted by atomic mass is 10.0. The van der Waals surface area contributed by atoms with Gasteiger partial charge in [-0.25, -0.2) is 0 Å². The Morgan fingerprint density at radius 3 is 2.84 bits per heavy atom. The number of nitrogens with one attached hydrogen (secondary N) is 1. The third-order valence-electron chi connectivity index (χ3n) is 5.22. The Labute approximate surface area is 193 Å². The summed E-state index contributed by atoms with van der Waals surface area (Å²) in [6.45, 7) is 2.18. The molecule has 0 radical (unpaired) electrons. The molecule has 1 aliphatic heterocycles. The van der Waals surface area contributed by atoms with Crippen LogP contribution in [0.2, 0.25) is 0 Å². The van der Waals surface area contributed by atoms with Crippen LogP contribution in [0.5, 0.6) is 5.88 Å². The summed E-state index contributed by atoms with van der Waals surface area (Å²) in [5, 5.41) is 15.4. The lowest BCUT2D eigenvalue weighted by Gasteiger charge is -2.21. The summed E-state index contributed by atoms with van der Waals surface area (Å²) >= 11 is 5.19. The van der Waals surface area contributed by atoms with Gasteiger partial charge in [-0.05, 0) is 35.4 Å². The highest BCUT2D eigenvalue weighted by Gasteiger charge is 2.27. The molecule has 1 aliphatic rings. The van der Waals surface area contributed by atoms with E-state index < -0.39 is 6.23 Å². The van der Waals surface area contributed by atoms with E-state index in [1.165, 1.54) is 5.39 Å². The zero-order chi connectivity index (χ0) is 21.2. The van der Waals surface area contributed by atoms with Crippen LogP contribution in [0.1, 0.15) is 31.6 Å². The van der Waals surface area contributed by atoms with Gasteiger partial charge < -0.3 is 10.1 Å². The van der Waals surface area contributed by atoms with E-state index >= 15 is 0 Å². The third kappa shape index (κ3) is 4.12. The molecule has 0 fully saturated rings. The standard InChI is InChI=1S/C24H21BrN4OS/c1-2-3-13-31-24-27-23-21(28-29-24)19-14-16(25)11-12-20(19)26-22(30-23)18-10-6-8-15-7-4-5-9-17(15)18/h4-12,14,22,26H,2-3,13H2,1H3. The van der Waals surface area contributed by atoms with Crippen molar-refractivity contribution in [2.75, 3.05) is 11.1 Å². The monoisotopic (exact) mass is 492 g/mol. The highest BCUT2D eigenvalue weighted by atomic mass is 79.9. The van der Waals surface area contributed by atoms with Gasteiger partial charge in [0, 0.05) is 27.0 Å². The predicted octanol–water partition coefficient (Wildman–Crippen LogP) is 6.85. The second kappa shape index (κ2) is 8.85. The zero-order valence-electron chi connectivity index (χ0n) is 17.0. The van der Waals surface area contributed by atoms with Crippen LogP contribution in [-0.4, -0.2) is 20.9 Å². The van der Waals surface area contributed by atoms with E-state index in [1.807, 2.05) is 30.3 Å². The molecule has 5 rings (SSSR count). The van der Waals surface area contributed by atoms with Gasteiger partial charge in [0.2, 0.25) is 11.0 Å². The number of anilines is 1. The van der Waals surface area contributed by atoms with Gasteiger partial charge in [0.05, 0.1) is 0 Å². The molecule has 5 nitrogen and oxygen atoms in total. The average molecular weight is 493 g/mol. The summed E-state index contributed by atoms with van der Waals surface area (Å²) in [4.78, 5) is 4.74. The van der Waals surface area contributed by atoms with Crippen LogP contribution in [0.3, 0.4) is 0 Å². The van der Waals surface area contributed by atoms with Gasteiger partial charge in [0.25, 0.3) is 0 Å². The van der Waals surface area contributed by atoms with Crippen LogP contribution in [0.15, 0.2) is 70.3 Å². The number of aromatic nitrogens is 3. The largest absolute Gasteiger partial charge is 0.448 e. The number of ether oxygens (including phenoxy) is 1. The number of unbranched alkanes of at least 4 members (excludes halogenated alkanes) is 1. The van der Waals surface area contributed by atoms with Crippen LogP contribution < -0.4 is 10.1 Å². The summed E-state index contributed by atoms with van der Waals surface area (Å²) in [7, 11) is 0. The lowest BCUT2D eigenvalue weighted by Crippen LogP contribution is -2.17. The van der Waals surface area contributed by atoms with Gasteiger partial charge in [0.15, 0.2) is 11.9 Å². The van der Waals surface area contributed by atoms with Gasteiger partial charge >= 0.3 is 0 Å². The molecule has 0 amide bonds. The van der Waals surface area contributed by atoms with E-state index in [1.54, 1.807) is 11.8 Å². The second-order valence-corrected chi connectivity index (χ2v) is 9.33. The van der Waals surface area contributed by atoms with E-state index in [9.17, 15) is 0 Å². The molecule has 1 N–H and O–H groups in total. The molecule has 0 aliphatic carbocycles. The number of nitrogens with zero attached hydrogens (tertiary/aromatic N) is 3. The Morgan fingerprint density at radius 2 is 1.94 bits per heavy atom. The Hall–Kier alpha value is -2.64. The molecule has 31 heavy (non-hydrogen) atoms. The number of rotatable bonds is 5. The predicted molar refractivity (Wildman–Crippen MR) is 130 cm³/mol. The normalized spacial score (nSPS) is 14.8. The SMILES string of the molecule is CCCCSc1nnc2c(n1)OC(c1cccc3ccccc13)Nc1ccc(Br)cc1-2. The van der Waals surface area contributed by atoms with E-state index in [-0.39, 0.29) is 0 Å². The summed E-state index contributed by atoms with van der Waals surface area (Å²) in [6.07, 6.45) is 1.84. The third-order valence-corrected chi connectivity index (χ3v) is 6.64. The van der Waals surface area contributed by atoms with E-state index in [0.717, 1.165) is 45.3 Å². The lowest BCUT2D eigenvalue weighted by molar-refractivity contribution is 0.226. The van der Waals surface area contributed by atoms with Crippen molar-refractivity contribution >= 4 is 44.2 Å². The first-order valence-electron chi connectivity index (χ1n) is 10.3. The highest BCUT2D eigenvalue weighted by Crippen LogP contribution is 2.41. The number of hydrogen-bond donors (Lipinski definition) is 1. The van der Waals surface area contributed by atoms with E-state index in [0.29, 0.717) is 16.7 Å². The first kappa shape index (κ1) is 20.3. The Balaban J connectivity index is 1.62. The number of benzene rings is 3. The molecule has 1 atom stereocenters. The average Bonchev–Trinajstić information content (AvgIpc) is 2.95. The number of hydrogen-bond acceptors (Lipinski definition) is 6. The van der Waals surface area contributed by atoms with Crippen molar-refractivity contribution in [3.05, 3.63) is 70.7 Å². The smallest absolute Gasteiger partial charge is 0.247 e. The van der Waals surface area contributed by atoms with Crippen LogP contribution in [0.25, 0.3) is 22.0 Å². The van der Waals surface area contributed by atoms with E-state index in [2.05, 4.69) is 68.7 Å². The quantitative estimate of drug-likeness (QED) is 0.242. The fourth-order valence-corrected chi connectivity index (χ4v) is 4.88. The van der Waals surface area contributed by atoms with Crippen molar-refractivity contribution in [2.24, 2.45) is 0 Å². The zero-order valence-corrected chi connectivity index (χ0v) is 19.4. The highest BCUT2D eigenvalue weighted by molar-refractivity contribution is 9.10. The van der Waals surface area contributed by atoms with Crippen LogP contribution in [0.4, 0.5) is 5.69 Å². The van der Waals surface area contributed by atoms with Gasteiger partial charge in [-0.1, -0.05) is 83.5 Å². The molecule has 0 spiro atoms. The fraction of sp³-hybridized carbons (Fsp3) is 0.208. The topological polar surface area (TPSA) is 59.9 Å². The molecule has 2 heterocycles. The van der Waals surface area contributed by atoms with Crippen molar-refractivity contribution < 1.29 is 4.74 Å². The Kier molecular flexibility index (Phi) is 5.78. The maximum atomic E-state index is 6.47. The minimum absolute atomic E-state index is 0.405. The molecule has 0 saturated heterocycles. The number of thioether (sulfide) groups is 1. The first-order chi connectivity index (χ1) is 15.2. The molecule has 3 aromatic carbocycles. The van der Waals surface area contributed by atoms with Crippen molar-refractivity contribution in [3.8, 4) is 17.1 Å². The fourth-order valence-electron chi connectivity index (χ4n) is 3.66. The first-order valence-corrected chi connectivity index (χ1v) is 12.1. The summed E-state index contributed by atoms with van der Waals surface area (Å²) in [5.41, 5.74) is 3.55. The van der Waals surface area contributed by atoms with Crippen molar-refractivity contribution in [1.29, 1.82) is 0 Å². The molecule has 1 unspecified atom stereocenters. The molecule has 0 saturated carbocycles. The molecule has 4 aromatic rings. The summed E-state index contributed by atoms with van der Waals surface area (Å²) in [6, 6.07) is 20.6. The minimum Gasteiger partial charge on any atom is -0.448 e.